The average Bonchev–Trinajstić information content (AvgIpc) is 3.06. The predicted molar refractivity (Wildman–Crippen MR) is 113 cm³/mol. The smallest absolute Gasteiger partial charge is 0.123 e. The summed E-state index contributed by atoms with van der Waals surface area (Å²) in [5.74, 6) is 0.286. The van der Waals surface area contributed by atoms with Crippen molar-refractivity contribution in [1.82, 2.24) is 4.57 Å². The summed E-state index contributed by atoms with van der Waals surface area (Å²) in [5.41, 5.74) is 6.95. The van der Waals surface area contributed by atoms with Crippen LogP contribution in [0.4, 0.5) is 10.1 Å². The van der Waals surface area contributed by atoms with Gasteiger partial charge in [-0.1, -0.05) is 26.0 Å². The number of anilines is 1. The Labute approximate surface area is 166 Å². The maximum Gasteiger partial charge on any atom is 0.123 e. The Morgan fingerprint density at radius 1 is 0.929 bits per heavy atom. The van der Waals surface area contributed by atoms with E-state index in [2.05, 4.69) is 60.6 Å². The van der Waals surface area contributed by atoms with Gasteiger partial charge in [-0.2, -0.15) is 0 Å². The maximum absolute atomic E-state index is 13.5. The molecule has 1 fully saturated rings. The highest BCUT2D eigenvalue weighted by molar-refractivity contribution is 5.72. The van der Waals surface area contributed by atoms with Crippen molar-refractivity contribution in [2.45, 2.75) is 26.7 Å². The summed E-state index contributed by atoms with van der Waals surface area (Å²) < 4.78 is 21.3. The summed E-state index contributed by atoms with van der Waals surface area (Å²) in [6.45, 7) is 9.85. The zero-order valence-electron chi connectivity index (χ0n) is 16.8. The molecule has 0 bridgehead atoms. The molecule has 3 aromatic rings. The van der Waals surface area contributed by atoms with Crippen molar-refractivity contribution in [3.05, 3.63) is 71.7 Å². The lowest BCUT2D eigenvalue weighted by molar-refractivity contribution is 0.122. The lowest BCUT2D eigenvalue weighted by Gasteiger charge is -2.28. The molecule has 0 unspecified atom stereocenters. The number of halogens is 1. The molecule has 0 aliphatic carbocycles. The molecule has 1 saturated heterocycles. The molecule has 2 aromatic carbocycles. The van der Waals surface area contributed by atoms with Crippen LogP contribution in [-0.4, -0.2) is 30.9 Å². The summed E-state index contributed by atoms with van der Waals surface area (Å²) in [5, 5.41) is 0. The molecule has 2 heterocycles. The van der Waals surface area contributed by atoms with Gasteiger partial charge in [0.05, 0.1) is 24.6 Å². The molecule has 0 N–H and O–H groups in total. The van der Waals surface area contributed by atoms with E-state index in [0.717, 1.165) is 43.2 Å². The fourth-order valence-corrected chi connectivity index (χ4v) is 3.89. The monoisotopic (exact) mass is 378 g/mol. The normalized spacial score (nSPS) is 14.7. The average molecular weight is 378 g/mol. The zero-order valence-corrected chi connectivity index (χ0v) is 16.8. The van der Waals surface area contributed by atoms with E-state index in [9.17, 15) is 4.39 Å². The third kappa shape index (κ3) is 3.57. The predicted octanol–water partition coefficient (Wildman–Crippen LogP) is 5.55. The summed E-state index contributed by atoms with van der Waals surface area (Å²) in [7, 11) is 0. The highest BCUT2D eigenvalue weighted by Crippen LogP contribution is 2.35. The van der Waals surface area contributed by atoms with Crippen molar-refractivity contribution in [3.8, 4) is 16.9 Å². The lowest BCUT2D eigenvalue weighted by Crippen LogP contribution is -2.36. The Kier molecular flexibility index (Phi) is 5.23. The number of nitrogens with zero attached hydrogens (tertiary/aromatic N) is 2. The number of benzene rings is 2. The van der Waals surface area contributed by atoms with Gasteiger partial charge in [0.25, 0.3) is 0 Å². The fraction of sp³-hybridized carbons (Fsp3) is 0.333. The first kappa shape index (κ1) is 18.8. The van der Waals surface area contributed by atoms with Crippen LogP contribution in [0.5, 0.6) is 0 Å². The summed E-state index contributed by atoms with van der Waals surface area (Å²) >= 11 is 0. The molecule has 1 aromatic heterocycles. The highest BCUT2D eigenvalue weighted by Gasteiger charge is 2.21. The standard InChI is InChI=1S/C24H27FN2O/c1-17(2)19-6-10-22(11-7-19)27-18(3)23(26-12-14-28-15-13-26)16-24(27)20-4-8-21(25)9-5-20/h4-11,16-17H,12-15H2,1-3H3. The van der Waals surface area contributed by atoms with Gasteiger partial charge >= 0.3 is 0 Å². The third-order valence-electron chi connectivity index (χ3n) is 5.53. The molecule has 0 amide bonds. The Bertz CT molecular complexity index is 936. The van der Waals surface area contributed by atoms with Crippen molar-refractivity contribution in [2.75, 3.05) is 31.2 Å². The number of hydrogen-bond donors (Lipinski definition) is 0. The van der Waals surface area contributed by atoms with Gasteiger partial charge in [0.1, 0.15) is 5.82 Å². The van der Waals surface area contributed by atoms with E-state index in [0.29, 0.717) is 5.92 Å². The lowest BCUT2D eigenvalue weighted by atomic mass is 10.0. The van der Waals surface area contributed by atoms with Crippen LogP contribution in [-0.2, 0) is 4.74 Å². The van der Waals surface area contributed by atoms with E-state index < -0.39 is 0 Å². The van der Waals surface area contributed by atoms with Crippen LogP contribution >= 0.6 is 0 Å². The Morgan fingerprint density at radius 2 is 1.57 bits per heavy atom. The Hall–Kier alpha value is -2.59. The second-order valence-electron chi connectivity index (χ2n) is 7.69. The second-order valence-corrected chi connectivity index (χ2v) is 7.69. The Morgan fingerprint density at radius 3 is 2.18 bits per heavy atom. The van der Waals surface area contributed by atoms with Gasteiger partial charge in [-0.25, -0.2) is 4.39 Å². The minimum Gasteiger partial charge on any atom is -0.378 e. The minimum absolute atomic E-state index is 0.215. The van der Waals surface area contributed by atoms with E-state index >= 15 is 0 Å². The number of hydrogen-bond acceptors (Lipinski definition) is 2. The van der Waals surface area contributed by atoms with Crippen LogP contribution in [0, 0.1) is 12.7 Å². The first-order valence-corrected chi connectivity index (χ1v) is 9.96. The molecule has 0 spiro atoms. The fourth-order valence-electron chi connectivity index (χ4n) is 3.89. The van der Waals surface area contributed by atoms with Gasteiger partial charge in [0.2, 0.25) is 0 Å². The van der Waals surface area contributed by atoms with Crippen LogP contribution in [0.2, 0.25) is 0 Å². The number of rotatable bonds is 4. The second kappa shape index (κ2) is 7.80. The first-order valence-electron chi connectivity index (χ1n) is 9.96. The number of ether oxygens (including phenoxy) is 1. The van der Waals surface area contributed by atoms with E-state index in [-0.39, 0.29) is 5.82 Å². The third-order valence-corrected chi connectivity index (χ3v) is 5.53. The van der Waals surface area contributed by atoms with Crippen LogP contribution in [0.15, 0.2) is 54.6 Å². The molecule has 1 aliphatic heterocycles. The maximum atomic E-state index is 13.5. The van der Waals surface area contributed by atoms with Gasteiger partial charge in [0, 0.05) is 24.5 Å². The van der Waals surface area contributed by atoms with Crippen LogP contribution < -0.4 is 4.90 Å². The van der Waals surface area contributed by atoms with E-state index in [1.165, 1.54) is 29.1 Å². The summed E-state index contributed by atoms with van der Waals surface area (Å²) in [6.07, 6.45) is 0. The Balaban J connectivity index is 1.84. The molecule has 3 nitrogen and oxygen atoms in total. The van der Waals surface area contributed by atoms with Crippen molar-refractivity contribution in [2.24, 2.45) is 0 Å². The summed E-state index contributed by atoms with van der Waals surface area (Å²) in [4.78, 5) is 2.38. The molecule has 0 atom stereocenters. The molecule has 1 aliphatic rings. The van der Waals surface area contributed by atoms with Gasteiger partial charge < -0.3 is 14.2 Å². The molecule has 146 valence electrons. The topological polar surface area (TPSA) is 17.4 Å². The minimum atomic E-state index is -0.215. The summed E-state index contributed by atoms with van der Waals surface area (Å²) in [6, 6.07) is 17.7. The first-order chi connectivity index (χ1) is 13.5. The van der Waals surface area contributed by atoms with Crippen LogP contribution in [0.1, 0.15) is 31.0 Å². The zero-order chi connectivity index (χ0) is 19.7. The van der Waals surface area contributed by atoms with Crippen molar-refractivity contribution in [3.63, 3.8) is 0 Å². The SMILES string of the molecule is Cc1c(N2CCOCC2)cc(-c2ccc(F)cc2)n1-c1ccc(C(C)C)cc1. The molecule has 0 radical (unpaired) electrons. The quantitative estimate of drug-likeness (QED) is 0.592. The number of morpholine rings is 1. The van der Waals surface area contributed by atoms with E-state index in [1.807, 2.05) is 12.1 Å². The molecule has 0 saturated carbocycles. The highest BCUT2D eigenvalue weighted by atomic mass is 19.1. The van der Waals surface area contributed by atoms with Crippen molar-refractivity contribution >= 4 is 5.69 Å². The van der Waals surface area contributed by atoms with Gasteiger partial charge in [-0.3, -0.25) is 0 Å². The molecular formula is C24H27FN2O. The number of aromatic nitrogens is 1. The van der Waals surface area contributed by atoms with Gasteiger partial charge in [-0.05, 0) is 66.4 Å². The van der Waals surface area contributed by atoms with E-state index in [1.54, 1.807) is 0 Å². The van der Waals surface area contributed by atoms with Crippen molar-refractivity contribution < 1.29 is 9.13 Å². The van der Waals surface area contributed by atoms with Gasteiger partial charge in [-0.15, -0.1) is 0 Å². The molecule has 4 rings (SSSR count). The molecule has 28 heavy (non-hydrogen) atoms. The molecular weight excluding hydrogens is 351 g/mol. The van der Waals surface area contributed by atoms with Crippen LogP contribution in [0.3, 0.4) is 0 Å². The largest absolute Gasteiger partial charge is 0.378 e. The van der Waals surface area contributed by atoms with Crippen LogP contribution in [0.25, 0.3) is 16.9 Å². The van der Waals surface area contributed by atoms with E-state index in [4.69, 9.17) is 4.74 Å². The molecule has 4 heteroatoms. The van der Waals surface area contributed by atoms with Gasteiger partial charge in [0.15, 0.2) is 0 Å². The van der Waals surface area contributed by atoms with Crippen molar-refractivity contribution in [1.29, 1.82) is 0 Å².